The van der Waals surface area contributed by atoms with E-state index in [1.54, 1.807) is 18.1 Å². The van der Waals surface area contributed by atoms with Crippen LogP contribution in [0.5, 0.6) is 5.75 Å². The number of aliphatic carboxylic acids is 1. The van der Waals surface area contributed by atoms with E-state index in [2.05, 4.69) is 0 Å². The van der Waals surface area contributed by atoms with Gasteiger partial charge in [-0.1, -0.05) is 18.2 Å². The predicted molar refractivity (Wildman–Crippen MR) is 87.1 cm³/mol. The fourth-order valence-corrected chi connectivity index (χ4v) is 3.66. The number of carboxylic acid groups (broad SMARTS) is 1. The summed E-state index contributed by atoms with van der Waals surface area (Å²) in [6, 6.07) is 11.0. The second-order valence-corrected chi connectivity index (χ2v) is 6.46. The first-order valence-corrected chi connectivity index (χ1v) is 8.17. The number of likely N-dealkylation sites (tertiary alicyclic amines) is 1. The highest BCUT2D eigenvalue weighted by molar-refractivity contribution is 7.12. The molecule has 120 valence electrons. The van der Waals surface area contributed by atoms with Gasteiger partial charge in [0.1, 0.15) is 5.75 Å². The molecule has 1 aromatic heterocycles. The van der Waals surface area contributed by atoms with Gasteiger partial charge in [0.15, 0.2) is 0 Å². The Labute approximate surface area is 138 Å². The Morgan fingerprint density at radius 3 is 2.52 bits per heavy atom. The number of carbonyl (C=O) groups is 2. The normalized spacial score (nSPS) is 20.5. The van der Waals surface area contributed by atoms with Gasteiger partial charge in [0.2, 0.25) is 0 Å². The summed E-state index contributed by atoms with van der Waals surface area (Å²) in [5.74, 6) is -1.03. The highest BCUT2D eigenvalue weighted by atomic mass is 32.1. The maximum Gasteiger partial charge on any atom is 0.308 e. The highest BCUT2D eigenvalue weighted by Crippen LogP contribution is 2.34. The molecule has 0 saturated carbocycles. The van der Waals surface area contributed by atoms with Gasteiger partial charge in [-0.3, -0.25) is 9.59 Å². The van der Waals surface area contributed by atoms with E-state index in [0.717, 1.165) is 11.3 Å². The molecule has 23 heavy (non-hydrogen) atoms. The fraction of sp³-hybridized carbons (Fsp3) is 0.294. The second-order valence-electron chi connectivity index (χ2n) is 5.51. The molecule has 2 atom stereocenters. The van der Waals surface area contributed by atoms with Crippen LogP contribution in [0, 0.1) is 5.92 Å². The van der Waals surface area contributed by atoms with Crippen molar-refractivity contribution in [3.05, 3.63) is 52.2 Å². The number of methoxy groups -OCH3 is 1. The minimum atomic E-state index is -0.868. The molecule has 6 heteroatoms. The van der Waals surface area contributed by atoms with Crippen LogP contribution in [0.2, 0.25) is 0 Å². The van der Waals surface area contributed by atoms with E-state index >= 15 is 0 Å². The van der Waals surface area contributed by atoms with E-state index in [9.17, 15) is 14.7 Å². The third kappa shape index (κ3) is 3.07. The van der Waals surface area contributed by atoms with E-state index in [0.29, 0.717) is 11.4 Å². The number of hydrogen-bond donors (Lipinski definition) is 1. The zero-order chi connectivity index (χ0) is 16.4. The summed E-state index contributed by atoms with van der Waals surface area (Å²) in [6.45, 7) is 0.656. The Morgan fingerprint density at radius 1 is 1.22 bits per heavy atom. The zero-order valence-corrected chi connectivity index (χ0v) is 13.5. The molecule has 2 aromatic rings. The van der Waals surface area contributed by atoms with E-state index in [1.165, 1.54) is 11.3 Å². The molecule has 0 unspecified atom stereocenters. The Morgan fingerprint density at radius 2 is 1.96 bits per heavy atom. The molecular formula is C17H17NO4S. The molecule has 1 amide bonds. The van der Waals surface area contributed by atoms with Crippen LogP contribution in [-0.4, -0.2) is 42.1 Å². The molecule has 5 nitrogen and oxygen atoms in total. The minimum Gasteiger partial charge on any atom is -0.497 e. The Hall–Kier alpha value is -2.34. The van der Waals surface area contributed by atoms with Gasteiger partial charge in [0.05, 0.1) is 17.9 Å². The lowest BCUT2D eigenvalue weighted by Gasteiger charge is -2.16. The number of amides is 1. The highest BCUT2D eigenvalue weighted by Gasteiger charge is 2.40. The Balaban J connectivity index is 1.83. The third-order valence-electron chi connectivity index (χ3n) is 4.20. The van der Waals surface area contributed by atoms with Crippen molar-refractivity contribution in [3.63, 3.8) is 0 Å². The molecule has 1 saturated heterocycles. The number of rotatable bonds is 4. The Kier molecular flexibility index (Phi) is 4.34. The van der Waals surface area contributed by atoms with Crippen LogP contribution < -0.4 is 4.74 Å². The van der Waals surface area contributed by atoms with Crippen LogP contribution in [0.25, 0.3) is 0 Å². The summed E-state index contributed by atoms with van der Waals surface area (Å²) < 4.78 is 5.13. The quantitative estimate of drug-likeness (QED) is 0.935. The van der Waals surface area contributed by atoms with Crippen molar-refractivity contribution < 1.29 is 19.4 Å². The molecule has 1 fully saturated rings. The maximum atomic E-state index is 12.5. The number of carboxylic acids is 1. The fourth-order valence-electron chi connectivity index (χ4n) is 2.96. The lowest BCUT2D eigenvalue weighted by atomic mass is 9.89. The Bertz CT molecular complexity index is 696. The number of benzene rings is 1. The van der Waals surface area contributed by atoms with Crippen LogP contribution in [0.4, 0.5) is 0 Å². The van der Waals surface area contributed by atoms with Gasteiger partial charge < -0.3 is 14.7 Å². The summed E-state index contributed by atoms with van der Waals surface area (Å²) in [4.78, 5) is 26.4. The molecule has 0 aliphatic carbocycles. The van der Waals surface area contributed by atoms with Crippen LogP contribution >= 0.6 is 11.3 Å². The van der Waals surface area contributed by atoms with Crippen LogP contribution in [-0.2, 0) is 4.79 Å². The molecule has 1 aliphatic rings. The second kappa shape index (κ2) is 6.42. The molecule has 0 spiro atoms. The largest absolute Gasteiger partial charge is 0.497 e. The van der Waals surface area contributed by atoms with Gasteiger partial charge in [0.25, 0.3) is 5.91 Å². The number of ether oxygens (including phenoxy) is 1. The average molecular weight is 331 g/mol. The first-order chi connectivity index (χ1) is 11.1. The van der Waals surface area contributed by atoms with Crippen LogP contribution in [0.3, 0.4) is 0 Å². The van der Waals surface area contributed by atoms with Crippen molar-refractivity contribution in [3.8, 4) is 5.75 Å². The molecule has 0 radical (unpaired) electrons. The SMILES string of the molecule is COc1ccc([C@@H]2CN(C(=O)c3cccs3)C[C@H]2C(=O)O)cc1. The van der Waals surface area contributed by atoms with Crippen molar-refractivity contribution in [2.75, 3.05) is 20.2 Å². The molecule has 1 aliphatic heterocycles. The van der Waals surface area contributed by atoms with Gasteiger partial charge in [0, 0.05) is 19.0 Å². The predicted octanol–water partition coefficient (Wildman–Crippen LogP) is 2.70. The topological polar surface area (TPSA) is 66.8 Å². The maximum absolute atomic E-state index is 12.5. The summed E-state index contributed by atoms with van der Waals surface area (Å²) in [5.41, 5.74) is 0.916. The van der Waals surface area contributed by atoms with Gasteiger partial charge in [-0.05, 0) is 29.1 Å². The first kappa shape index (κ1) is 15.6. The number of nitrogens with zero attached hydrogens (tertiary/aromatic N) is 1. The van der Waals surface area contributed by atoms with E-state index in [-0.39, 0.29) is 18.4 Å². The van der Waals surface area contributed by atoms with Crippen LogP contribution in [0.15, 0.2) is 41.8 Å². The first-order valence-electron chi connectivity index (χ1n) is 7.29. The molecule has 1 aromatic carbocycles. The number of thiophene rings is 1. The summed E-state index contributed by atoms with van der Waals surface area (Å²) in [6.07, 6.45) is 0. The van der Waals surface area contributed by atoms with Gasteiger partial charge >= 0.3 is 5.97 Å². The summed E-state index contributed by atoms with van der Waals surface area (Å²) in [7, 11) is 1.59. The number of hydrogen-bond acceptors (Lipinski definition) is 4. The summed E-state index contributed by atoms with van der Waals surface area (Å²) >= 11 is 1.37. The molecule has 3 rings (SSSR count). The lowest BCUT2D eigenvalue weighted by Crippen LogP contribution is -2.29. The summed E-state index contributed by atoms with van der Waals surface area (Å²) in [5, 5.41) is 11.4. The molecule has 2 heterocycles. The van der Waals surface area contributed by atoms with Crippen molar-refractivity contribution >= 4 is 23.2 Å². The van der Waals surface area contributed by atoms with Crippen molar-refractivity contribution in [2.45, 2.75) is 5.92 Å². The van der Waals surface area contributed by atoms with E-state index < -0.39 is 11.9 Å². The third-order valence-corrected chi connectivity index (χ3v) is 5.06. The molecular weight excluding hydrogens is 314 g/mol. The smallest absolute Gasteiger partial charge is 0.308 e. The van der Waals surface area contributed by atoms with Gasteiger partial charge in [-0.25, -0.2) is 0 Å². The van der Waals surface area contributed by atoms with Crippen molar-refractivity contribution in [1.82, 2.24) is 4.90 Å². The van der Waals surface area contributed by atoms with E-state index in [1.807, 2.05) is 35.7 Å². The van der Waals surface area contributed by atoms with Gasteiger partial charge in [-0.15, -0.1) is 11.3 Å². The monoisotopic (exact) mass is 331 g/mol. The molecule has 0 bridgehead atoms. The van der Waals surface area contributed by atoms with Crippen LogP contribution in [0.1, 0.15) is 21.2 Å². The standard InChI is InChI=1S/C17H17NO4S/c1-22-12-6-4-11(5-7-12)13-9-18(10-14(13)17(20)21)16(19)15-3-2-8-23-15/h2-8,13-14H,9-10H2,1H3,(H,20,21)/t13-,14+/m0/s1. The lowest BCUT2D eigenvalue weighted by molar-refractivity contribution is -0.141. The van der Waals surface area contributed by atoms with Gasteiger partial charge in [-0.2, -0.15) is 0 Å². The molecule has 1 N–H and O–H groups in total. The average Bonchev–Trinajstić information content (AvgIpc) is 3.24. The van der Waals surface area contributed by atoms with Crippen molar-refractivity contribution in [1.29, 1.82) is 0 Å². The van der Waals surface area contributed by atoms with Crippen molar-refractivity contribution in [2.24, 2.45) is 5.92 Å². The zero-order valence-electron chi connectivity index (χ0n) is 12.6. The van der Waals surface area contributed by atoms with E-state index in [4.69, 9.17) is 4.74 Å². The number of carbonyl (C=O) groups excluding carboxylic acids is 1. The minimum absolute atomic E-state index is 0.0951.